The van der Waals surface area contributed by atoms with Crippen LogP contribution in [0.15, 0.2) is 65.7 Å². The van der Waals surface area contributed by atoms with Gasteiger partial charge in [0.25, 0.3) is 5.91 Å². The normalized spacial score (nSPS) is 11.0. The second-order valence-corrected chi connectivity index (χ2v) is 11.2. The largest absolute Gasteiger partial charge is 0.399 e. The summed E-state index contributed by atoms with van der Waals surface area (Å²) in [5.41, 5.74) is 8.77. The van der Waals surface area contributed by atoms with E-state index in [0.717, 1.165) is 37.3 Å². The number of nitrogens with zero attached hydrogens (tertiary/aromatic N) is 3. The highest BCUT2D eigenvalue weighted by Gasteiger charge is 2.17. The van der Waals surface area contributed by atoms with Crippen molar-refractivity contribution in [3.05, 3.63) is 87.7 Å². The molecule has 0 saturated heterocycles. The fraction of sp³-hybridized carbons (Fsp3) is 0.364. The van der Waals surface area contributed by atoms with E-state index >= 15 is 0 Å². The molecule has 0 saturated carbocycles. The molecule has 0 bridgehead atoms. The topological polar surface area (TPSA) is 91.0 Å². The molecule has 0 aliphatic rings. The van der Waals surface area contributed by atoms with E-state index in [1.165, 1.54) is 6.07 Å². The third-order valence-electron chi connectivity index (χ3n) is 6.41. The Morgan fingerprint density at radius 3 is 2.30 bits per heavy atom. The van der Waals surface area contributed by atoms with Gasteiger partial charge < -0.3 is 25.6 Å². The van der Waals surface area contributed by atoms with Gasteiger partial charge in [-0.2, -0.15) is 0 Å². The number of aliphatic imine (C=N–C) groups is 1. The molecule has 3 N–H and O–H groups in total. The Balaban J connectivity index is 0.000000347. The van der Waals surface area contributed by atoms with Crippen LogP contribution in [0.3, 0.4) is 0 Å². The Hall–Kier alpha value is -3.46. The number of aldehydes is 1. The Morgan fingerprint density at radius 1 is 1.12 bits per heavy atom. The van der Waals surface area contributed by atoms with Crippen LogP contribution in [-0.4, -0.2) is 64.6 Å². The summed E-state index contributed by atoms with van der Waals surface area (Å²) in [6.07, 6.45) is 1.40. The van der Waals surface area contributed by atoms with Crippen LogP contribution in [0.4, 0.5) is 21.5 Å². The van der Waals surface area contributed by atoms with Crippen LogP contribution < -0.4 is 16.0 Å². The molecule has 0 radical (unpaired) electrons. The predicted octanol–water partition coefficient (Wildman–Crippen LogP) is 7.50. The second kappa shape index (κ2) is 19.7. The molecule has 10 heteroatoms. The molecule has 0 aromatic heterocycles. The predicted molar refractivity (Wildman–Crippen MR) is 181 cm³/mol. The molecule has 0 aliphatic heterocycles. The molecule has 0 spiro atoms. The summed E-state index contributed by atoms with van der Waals surface area (Å²) >= 11 is 11.3. The van der Waals surface area contributed by atoms with Crippen LogP contribution in [-0.2, 0) is 4.79 Å². The molecule has 3 aromatic rings. The van der Waals surface area contributed by atoms with E-state index < -0.39 is 11.7 Å². The SMILES string of the molecule is C=Nc1cc(C(=O)NC)ccc1N(C)CC.CC(C)CN(C)CCC(C=O)c1cccc(Cl)c1F.Nc1cccc(Cl)c1. The number of carbonyl (C=O) groups excluding carboxylic acids is 2. The van der Waals surface area contributed by atoms with E-state index in [2.05, 4.69) is 47.6 Å². The lowest BCUT2D eigenvalue weighted by Crippen LogP contribution is -2.26. The van der Waals surface area contributed by atoms with Gasteiger partial charge in [-0.25, -0.2) is 4.39 Å². The molecule has 234 valence electrons. The summed E-state index contributed by atoms with van der Waals surface area (Å²) in [6.45, 7) is 12.5. The number of benzene rings is 3. The zero-order chi connectivity index (χ0) is 32.5. The van der Waals surface area contributed by atoms with Gasteiger partial charge in [-0.1, -0.05) is 55.2 Å². The van der Waals surface area contributed by atoms with Gasteiger partial charge >= 0.3 is 0 Å². The van der Waals surface area contributed by atoms with Crippen molar-refractivity contribution in [2.75, 3.05) is 51.4 Å². The Morgan fingerprint density at radius 2 is 1.79 bits per heavy atom. The molecule has 3 aromatic carbocycles. The second-order valence-electron chi connectivity index (χ2n) is 10.3. The summed E-state index contributed by atoms with van der Waals surface area (Å²) in [7, 11) is 5.59. The number of hydrogen-bond acceptors (Lipinski definition) is 6. The molecule has 1 atom stereocenters. The van der Waals surface area contributed by atoms with Gasteiger partial charge in [-0.3, -0.25) is 9.79 Å². The summed E-state index contributed by atoms with van der Waals surface area (Å²) in [5, 5.41) is 3.34. The quantitative estimate of drug-likeness (QED) is 0.130. The van der Waals surface area contributed by atoms with E-state index in [-0.39, 0.29) is 10.9 Å². The van der Waals surface area contributed by atoms with Crippen molar-refractivity contribution < 1.29 is 14.0 Å². The van der Waals surface area contributed by atoms with Gasteiger partial charge in [0.2, 0.25) is 0 Å². The average molecular weight is 633 g/mol. The third kappa shape index (κ3) is 13.2. The Labute approximate surface area is 265 Å². The number of anilines is 2. The van der Waals surface area contributed by atoms with Gasteiger partial charge in [0, 0.05) is 49.4 Å². The zero-order valence-electron chi connectivity index (χ0n) is 25.9. The highest BCUT2D eigenvalue weighted by molar-refractivity contribution is 6.31. The number of nitrogen functional groups attached to an aromatic ring is 1. The maximum atomic E-state index is 13.9. The molecule has 0 heterocycles. The van der Waals surface area contributed by atoms with E-state index in [0.29, 0.717) is 34.2 Å². The number of hydrogen-bond donors (Lipinski definition) is 2. The van der Waals surface area contributed by atoms with Crippen molar-refractivity contribution in [2.45, 2.75) is 33.1 Å². The Bertz CT molecular complexity index is 1300. The fourth-order valence-corrected chi connectivity index (χ4v) is 4.49. The van der Waals surface area contributed by atoms with Crippen LogP contribution >= 0.6 is 23.2 Å². The number of amides is 1. The number of carbonyl (C=O) groups is 2. The molecule has 0 aliphatic carbocycles. The summed E-state index contributed by atoms with van der Waals surface area (Å²) in [4.78, 5) is 30.8. The lowest BCUT2D eigenvalue weighted by molar-refractivity contribution is -0.109. The highest BCUT2D eigenvalue weighted by Crippen LogP contribution is 2.29. The van der Waals surface area contributed by atoms with Crippen molar-refractivity contribution in [1.82, 2.24) is 10.2 Å². The minimum atomic E-state index is -0.479. The van der Waals surface area contributed by atoms with E-state index in [1.807, 2.05) is 26.2 Å². The first-order valence-corrected chi connectivity index (χ1v) is 14.8. The van der Waals surface area contributed by atoms with Crippen LogP contribution in [0.5, 0.6) is 0 Å². The maximum Gasteiger partial charge on any atom is 0.251 e. The van der Waals surface area contributed by atoms with Crippen LogP contribution in [0, 0.1) is 11.7 Å². The van der Waals surface area contributed by atoms with E-state index in [1.54, 1.807) is 49.5 Å². The summed E-state index contributed by atoms with van der Waals surface area (Å²) in [5.74, 6) is -0.459. The summed E-state index contributed by atoms with van der Waals surface area (Å²) < 4.78 is 13.9. The maximum absolute atomic E-state index is 13.9. The Kier molecular flexibility index (Phi) is 17.2. The molecule has 1 unspecified atom stereocenters. The first-order chi connectivity index (χ1) is 20.4. The van der Waals surface area contributed by atoms with Gasteiger partial charge in [-0.15, -0.1) is 0 Å². The van der Waals surface area contributed by atoms with Crippen molar-refractivity contribution in [3.63, 3.8) is 0 Å². The van der Waals surface area contributed by atoms with Gasteiger partial charge in [-0.05, 0) is 87.6 Å². The van der Waals surface area contributed by atoms with E-state index in [4.69, 9.17) is 28.9 Å². The van der Waals surface area contributed by atoms with Crippen LogP contribution in [0.2, 0.25) is 10.0 Å². The molecule has 3 rings (SSSR count). The standard InChI is InChI=1S/C15H21ClFNO.C12H17N3O.C6H6ClN/c1-11(2)9-18(3)8-7-12(10-19)13-5-4-6-14(16)15(13)17;1-5-15(4)11-7-6-9(12(16)14-3)8-10(11)13-2;7-5-2-1-3-6(8)4-5/h4-6,10-12H,7-9H2,1-3H3;6-8H,2,5H2,1,3-4H3,(H,14,16);1-4H,8H2. The molecular weight excluding hydrogens is 588 g/mol. The van der Waals surface area contributed by atoms with Crippen molar-refractivity contribution in [2.24, 2.45) is 10.9 Å². The molecule has 43 heavy (non-hydrogen) atoms. The van der Waals surface area contributed by atoms with Crippen molar-refractivity contribution in [1.29, 1.82) is 0 Å². The minimum Gasteiger partial charge on any atom is -0.399 e. The van der Waals surface area contributed by atoms with Gasteiger partial charge in [0.05, 0.1) is 16.4 Å². The number of halogens is 3. The van der Waals surface area contributed by atoms with Crippen molar-refractivity contribution in [3.8, 4) is 0 Å². The van der Waals surface area contributed by atoms with Crippen LogP contribution in [0.1, 0.15) is 49.0 Å². The van der Waals surface area contributed by atoms with Gasteiger partial charge in [0.15, 0.2) is 0 Å². The minimum absolute atomic E-state index is 0.0693. The molecule has 0 fully saturated rings. The molecular formula is C33H44Cl2FN5O2. The summed E-state index contributed by atoms with van der Waals surface area (Å²) in [6, 6.07) is 17.3. The number of nitrogens with two attached hydrogens (primary N) is 1. The molecule has 1 amide bonds. The highest BCUT2D eigenvalue weighted by atomic mass is 35.5. The lowest BCUT2D eigenvalue weighted by atomic mass is 9.96. The fourth-order valence-electron chi connectivity index (χ4n) is 4.11. The van der Waals surface area contributed by atoms with Crippen molar-refractivity contribution >= 4 is 59.2 Å². The van der Waals surface area contributed by atoms with E-state index in [9.17, 15) is 14.0 Å². The monoisotopic (exact) mass is 631 g/mol. The molecule has 7 nitrogen and oxygen atoms in total. The third-order valence-corrected chi connectivity index (χ3v) is 6.94. The number of rotatable bonds is 11. The smallest absolute Gasteiger partial charge is 0.251 e. The number of nitrogens with one attached hydrogen (secondary N) is 1. The van der Waals surface area contributed by atoms with Gasteiger partial charge in [0.1, 0.15) is 12.1 Å². The first kappa shape index (κ1) is 37.6. The first-order valence-electron chi connectivity index (χ1n) is 14.0. The average Bonchev–Trinajstić information content (AvgIpc) is 2.98. The van der Waals surface area contributed by atoms with Crippen LogP contribution in [0.25, 0.3) is 0 Å². The zero-order valence-corrected chi connectivity index (χ0v) is 27.4. The lowest BCUT2D eigenvalue weighted by Gasteiger charge is -2.21.